The van der Waals surface area contributed by atoms with Crippen LogP contribution in [-0.4, -0.2) is 36.2 Å². The van der Waals surface area contributed by atoms with Crippen LogP contribution in [0.2, 0.25) is 5.02 Å². The summed E-state index contributed by atoms with van der Waals surface area (Å²) in [4.78, 5) is 25.7. The number of carbonyl (C=O) groups is 2. The lowest BCUT2D eigenvalue weighted by Crippen LogP contribution is -2.27. The summed E-state index contributed by atoms with van der Waals surface area (Å²) >= 11 is 7.45. The smallest absolute Gasteiger partial charge is 0.222 e. The third kappa shape index (κ3) is 4.73. The number of ketones is 1. The maximum Gasteiger partial charge on any atom is 0.222 e. The highest BCUT2D eigenvalue weighted by Gasteiger charge is 2.18. The number of Topliss-reactive ketones (excluding diaryl/α,β-unsaturated/α-hetero) is 1. The number of hydrogen-bond acceptors (Lipinski definition) is 4. The van der Waals surface area contributed by atoms with E-state index in [1.165, 1.54) is 18.9 Å². The zero-order chi connectivity index (χ0) is 15.2. The van der Waals surface area contributed by atoms with Crippen LogP contribution < -0.4 is 4.72 Å². The molecular formula is C15H19ClN2O2S. The number of nitrogens with zero attached hydrogens (tertiary/aromatic N) is 1. The van der Waals surface area contributed by atoms with E-state index >= 15 is 0 Å². The number of nitrogens with one attached hydrogen (secondary N) is 1. The summed E-state index contributed by atoms with van der Waals surface area (Å²) in [7, 11) is 0. The molecule has 0 radical (unpaired) electrons. The van der Waals surface area contributed by atoms with E-state index in [9.17, 15) is 9.59 Å². The lowest BCUT2D eigenvalue weighted by molar-refractivity contribution is -0.127. The van der Waals surface area contributed by atoms with Crippen LogP contribution in [0.5, 0.6) is 0 Å². The normalized spacial score (nSPS) is 14.8. The van der Waals surface area contributed by atoms with Crippen molar-refractivity contribution in [2.75, 3.05) is 19.6 Å². The van der Waals surface area contributed by atoms with Crippen LogP contribution >= 0.6 is 23.5 Å². The van der Waals surface area contributed by atoms with Crippen molar-refractivity contribution in [3.8, 4) is 0 Å². The molecule has 1 heterocycles. The molecule has 1 fully saturated rings. The monoisotopic (exact) mass is 326 g/mol. The van der Waals surface area contributed by atoms with Crippen molar-refractivity contribution in [3.05, 3.63) is 28.8 Å². The van der Waals surface area contributed by atoms with E-state index < -0.39 is 0 Å². The molecule has 6 heteroatoms. The number of carbonyl (C=O) groups excluding carboxylic acids is 2. The molecule has 0 aromatic heterocycles. The Bertz CT molecular complexity index is 536. The topological polar surface area (TPSA) is 49.4 Å². The summed E-state index contributed by atoms with van der Waals surface area (Å²) in [6.07, 6.45) is 2.60. The summed E-state index contributed by atoms with van der Waals surface area (Å²) in [6.45, 7) is 4.03. The fourth-order valence-corrected chi connectivity index (χ4v) is 3.23. The number of amides is 1. The van der Waals surface area contributed by atoms with Crippen LogP contribution in [0.15, 0.2) is 23.1 Å². The number of halogens is 1. The van der Waals surface area contributed by atoms with Crippen LogP contribution in [0, 0.1) is 0 Å². The molecule has 1 amide bonds. The fraction of sp³-hybridized carbons (Fsp3) is 0.467. The highest BCUT2D eigenvalue weighted by Crippen LogP contribution is 2.23. The number of hydrogen-bond donors (Lipinski definition) is 1. The Labute approximate surface area is 134 Å². The lowest BCUT2D eigenvalue weighted by Gasteiger charge is -2.15. The predicted octanol–water partition coefficient (Wildman–Crippen LogP) is 3.15. The average Bonchev–Trinajstić information content (AvgIpc) is 2.85. The standard InChI is InChI=1S/C15H19ClN2O2S/c1-11(19)13-10-12(5-6-14(13)16)21-17-7-3-9-18-8-2-4-15(18)20/h5-6,10,17H,2-4,7-9H2,1H3. The van der Waals surface area contributed by atoms with Gasteiger partial charge in [0.1, 0.15) is 0 Å². The SMILES string of the molecule is CC(=O)c1cc(SNCCCN2CCCC2=O)ccc1Cl. The Morgan fingerprint density at radius 1 is 1.48 bits per heavy atom. The summed E-state index contributed by atoms with van der Waals surface area (Å²) in [5.74, 6) is 0.237. The molecule has 1 aromatic rings. The quantitative estimate of drug-likeness (QED) is 0.475. The van der Waals surface area contributed by atoms with Gasteiger partial charge in [0.25, 0.3) is 0 Å². The van der Waals surface area contributed by atoms with Crippen LogP contribution in [0.25, 0.3) is 0 Å². The van der Waals surface area contributed by atoms with Crippen LogP contribution in [0.1, 0.15) is 36.5 Å². The first kappa shape index (κ1) is 16.3. The van der Waals surface area contributed by atoms with Gasteiger partial charge in [0, 0.05) is 36.5 Å². The predicted molar refractivity (Wildman–Crippen MR) is 85.7 cm³/mol. The molecule has 21 heavy (non-hydrogen) atoms. The molecule has 0 spiro atoms. The third-order valence-electron chi connectivity index (χ3n) is 3.39. The highest BCUT2D eigenvalue weighted by molar-refractivity contribution is 7.97. The Hall–Kier alpha value is -1.04. The molecule has 4 nitrogen and oxygen atoms in total. The van der Waals surface area contributed by atoms with Gasteiger partial charge in [0.05, 0.1) is 5.02 Å². The van der Waals surface area contributed by atoms with Gasteiger partial charge in [-0.25, -0.2) is 0 Å². The second-order valence-electron chi connectivity index (χ2n) is 5.03. The van der Waals surface area contributed by atoms with Gasteiger partial charge in [0.2, 0.25) is 5.91 Å². The first-order chi connectivity index (χ1) is 10.1. The van der Waals surface area contributed by atoms with Gasteiger partial charge in [-0.1, -0.05) is 11.6 Å². The van der Waals surface area contributed by atoms with E-state index in [2.05, 4.69) is 4.72 Å². The average molecular weight is 327 g/mol. The highest BCUT2D eigenvalue weighted by atomic mass is 35.5. The van der Waals surface area contributed by atoms with Gasteiger partial charge in [-0.05, 0) is 49.9 Å². The first-order valence-corrected chi connectivity index (χ1v) is 8.25. The van der Waals surface area contributed by atoms with Crippen LogP contribution in [0.4, 0.5) is 0 Å². The van der Waals surface area contributed by atoms with E-state index in [1.807, 2.05) is 11.0 Å². The molecule has 0 bridgehead atoms. The Kier molecular flexibility index (Phi) is 6.08. The minimum atomic E-state index is -0.0324. The maximum atomic E-state index is 11.4. The second-order valence-corrected chi connectivity index (χ2v) is 6.40. The van der Waals surface area contributed by atoms with Crippen LogP contribution in [-0.2, 0) is 4.79 Å². The number of benzene rings is 1. The molecule has 1 aliphatic heterocycles. The van der Waals surface area contributed by atoms with Crippen LogP contribution in [0.3, 0.4) is 0 Å². The molecule has 0 atom stereocenters. The minimum absolute atomic E-state index is 0.0324. The van der Waals surface area contributed by atoms with E-state index in [0.29, 0.717) is 17.0 Å². The molecule has 0 unspecified atom stereocenters. The van der Waals surface area contributed by atoms with E-state index in [0.717, 1.165) is 37.4 Å². The third-order valence-corrected chi connectivity index (χ3v) is 4.55. The molecule has 1 N–H and O–H groups in total. The van der Waals surface area contributed by atoms with Crippen molar-refractivity contribution in [2.24, 2.45) is 0 Å². The van der Waals surface area contributed by atoms with Crippen molar-refractivity contribution in [3.63, 3.8) is 0 Å². The van der Waals surface area contributed by atoms with Crippen molar-refractivity contribution in [1.82, 2.24) is 9.62 Å². The largest absolute Gasteiger partial charge is 0.343 e. The molecular weight excluding hydrogens is 308 g/mol. The zero-order valence-electron chi connectivity index (χ0n) is 12.0. The van der Waals surface area contributed by atoms with Crippen molar-refractivity contribution < 1.29 is 9.59 Å². The Morgan fingerprint density at radius 3 is 2.95 bits per heavy atom. The van der Waals surface area contributed by atoms with Gasteiger partial charge in [-0.15, -0.1) is 0 Å². The second kappa shape index (κ2) is 7.82. The molecule has 0 saturated carbocycles. The summed E-state index contributed by atoms with van der Waals surface area (Å²) < 4.78 is 3.25. The number of likely N-dealkylation sites (tertiary alicyclic amines) is 1. The molecule has 1 aliphatic rings. The van der Waals surface area contributed by atoms with E-state index in [1.54, 1.807) is 12.1 Å². The molecule has 2 rings (SSSR count). The summed E-state index contributed by atoms with van der Waals surface area (Å²) in [6, 6.07) is 5.42. The molecule has 1 saturated heterocycles. The lowest BCUT2D eigenvalue weighted by atomic mass is 10.1. The maximum absolute atomic E-state index is 11.4. The Balaban J connectivity index is 1.72. The first-order valence-electron chi connectivity index (χ1n) is 7.06. The van der Waals surface area contributed by atoms with E-state index in [4.69, 9.17) is 11.6 Å². The van der Waals surface area contributed by atoms with Gasteiger partial charge in [0.15, 0.2) is 5.78 Å². The zero-order valence-corrected chi connectivity index (χ0v) is 13.6. The van der Waals surface area contributed by atoms with Crippen molar-refractivity contribution >= 4 is 35.2 Å². The summed E-state index contributed by atoms with van der Waals surface area (Å²) in [5.41, 5.74) is 0.547. The van der Waals surface area contributed by atoms with Gasteiger partial charge in [-0.2, -0.15) is 0 Å². The fourth-order valence-electron chi connectivity index (χ4n) is 2.25. The minimum Gasteiger partial charge on any atom is -0.343 e. The number of rotatable bonds is 7. The molecule has 0 aliphatic carbocycles. The van der Waals surface area contributed by atoms with Crippen molar-refractivity contribution in [2.45, 2.75) is 31.1 Å². The van der Waals surface area contributed by atoms with E-state index in [-0.39, 0.29) is 11.7 Å². The molecule has 1 aromatic carbocycles. The molecule has 114 valence electrons. The van der Waals surface area contributed by atoms with Gasteiger partial charge < -0.3 is 4.90 Å². The van der Waals surface area contributed by atoms with Gasteiger partial charge >= 0.3 is 0 Å². The van der Waals surface area contributed by atoms with Gasteiger partial charge in [-0.3, -0.25) is 14.3 Å². The summed E-state index contributed by atoms with van der Waals surface area (Å²) in [5, 5.41) is 0.486. The Morgan fingerprint density at radius 2 is 2.29 bits per heavy atom. The van der Waals surface area contributed by atoms with Crippen molar-refractivity contribution in [1.29, 1.82) is 0 Å².